The molecule has 1 aliphatic heterocycles. The Kier molecular flexibility index (Phi) is 8.52. The molecule has 0 spiro atoms. The van der Waals surface area contributed by atoms with Gasteiger partial charge in [0.25, 0.3) is 0 Å². The Hall–Kier alpha value is -3.49. The van der Waals surface area contributed by atoms with E-state index in [4.69, 9.17) is 11.1 Å². The Bertz CT molecular complexity index is 1390. The standard InChI is InChI=1S/C26H31F3N6O4S/c1-16(32-23(36)15-24(37)33-19-5-2-17(3-6-19)25(30)31)18-4-9-22(21(14-18)26(27,28)29)40(38,39)35-12-10-34(11-13-35)20-7-8-20/h2-6,9,14,16,20H,7-8,10-13,15H2,1H3,(H3,30,31)(H,32,36)(H,33,37). The highest BCUT2D eigenvalue weighted by Gasteiger charge is 2.41. The van der Waals surface area contributed by atoms with Crippen LogP contribution in [0.3, 0.4) is 0 Å². The molecule has 1 heterocycles. The molecular formula is C26H31F3N6O4S. The van der Waals surface area contributed by atoms with E-state index in [0.717, 1.165) is 29.3 Å². The number of sulfonamides is 1. The fraction of sp³-hybridized carbons (Fsp3) is 0.423. The number of carbonyl (C=O) groups excluding carboxylic acids is 2. The number of amidine groups is 1. The van der Waals surface area contributed by atoms with Crippen LogP contribution in [0.4, 0.5) is 18.9 Å². The van der Waals surface area contributed by atoms with Crippen molar-refractivity contribution in [1.82, 2.24) is 14.5 Å². The highest BCUT2D eigenvalue weighted by molar-refractivity contribution is 7.89. The second-order valence-electron chi connectivity index (χ2n) is 9.93. The Morgan fingerprint density at radius 2 is 1.68 bits per heavy atom. The predicted octanol–water partition coefficient (Wildman–Crippen LogP) is 2.66. The average molecular weight is 581 g/mol. The quantitative estimate of drug-likeness (QED) is 0.204. The molecule has 2 amide bonds. The highest BCUT2D eigenvalue weighted by atomic mass is 32.2. The fourth-order valence-corrected chi connectivity index (χ4v) is 6.23. The molecule has 40 heavy (non-hydrogen) atoms. The predicted molar refractivity (Wildman–Crippen MR) is 142 cm³/mol. The molecule has 2 aliphatic rings. The summed E-state index contributed by atoms with van der Waals surface area (Å²) < 4.78 is 69.6. The maximum absolute atomic E-state index is 14.0. The van der Waals surface area contributed by atoms with Gasteiger partial charge in [0.2, 0.25) is 21.8 Å². The lowest BCUT2D eigenvalue weighted by atomic mass is 10.0. The number of benzene rings is 2. The first-order chi connectivity index (χ1) is 18.8. The van der Waals surface area contributed by atoms with Gasteiger partial charge in [-0.25, -0.2) is 8.42 Å². The Morgan fingerprint density at radius 1 is 1.05 bits per heavy atom. The maximum atomic E-state index is 14.0. The highest BCUT2D eigenvalue weighted by Crippen LogP contribution is 2.37. The number of nitrogen functional groups attached to an aromatic ring is 1. The monoisotopic (exact) mass is 580 g/mol. The van der Waals surface area contributed by atoms with Crippen LogP contribution in [0.15, 0.2) is 47.4 Å². The zero-order valence-electron chi connectivity index (χ0n) is 21.8. The molecule has 1 saturated carbocycles. The van der Waals surface area contributed by atoms with Gasteiger partial charge in [0.1, 0.15) is 12.3 Å². The summed E-state index contributed by atoms with van der Waals surface area (Å²) in [7, 11) is -4.40. The molecule has 1 aliphatic carbocycles. The minimum Gasteiger partial charge on any atom is -0.384 e. The van der Waals surface area contributed by atoms with Gasteiger partial charge in [0.05, 0.1) is 16.5 Å². The molecule has 2 aromatic carbocycles. The second-order valence-corrected chi connectivity index (χ2v) is 11.8. The van der Waals surface area contributed by atoms with Gasteiger partial charge in [-0.15, -0.1) is 0 Å². The lowest BCUT2D eigenvalue weighted by molar-refractivity contribution is -0.140. The van der Waals surface area contributed by atoms with Crippen LogP contribution in [-0.4, -0.2) is 67.5 Å². The number of carbonyl (C=O) groups is 2. The van der Waals surface area contributed by atoms with Gasteiger partial charge in [-0.2, -0.15) is 17.5 Å². The van der Waals surface area contributed by atoms with E-state index in [-0.39, 0.29) is 24.5 Å². The number of nitrogens with two attached hydrogens (primary N) is 1. The minimum atomic E-state index is -4.95. The normalized spacial score (nSPS) is 17.7. The zero-order valence-corrected chi connectivity index (χ0v) is 22.6. The number of nitrogens with zero attached hydrogens (tertiary/aromatic N) is 2. The molecular weight excluding hydrogens is 549 g/mol. The topological polar surface area (TPSA) is 149 Å². The number of rotatable bonds is 9. The first kappa shape index (κ1) is 29.5. The molecule has 1 saturated heterocycles. The van der Waals surface area contributed by atoms with Gasteiger partial charge in [0, 0.05) is 43.5 Å². The van der Waals surface area contributed by atoms with E-state index in [0.29, 0.717) is 30.4 Å². The van der Waals surface area contributed by atoms with Crippen LogP contribution >= 0.6 is 0 Å². The number of halogens is 3. The van der Waals surface area contributed by atoms with E-state index in [1.807, 2.05) is 0 Å². The number of piperazine rings is 1. The van der Waals surface area contributed by atoms with Crippen LogP contribution in [0.5, 0.6) is 0 Å². The molecule has 216 valence electrons. The summed E-state index contributed by atoms with van der Waals surface area (Å²) in [6.07, 6.45) is -3.43. The fourth-order valence-electron chi connectivity index (χ4n) is 4.61. The lowest BCUT2D eigenvalue weighted by Crippen LogP contribution is -2.49. The van der Waals surface area contributed by atoms with Crippen LogP contribution < -0.4 is 16.4 Å². The van der Waals surface area contributed by atoms with E-state index >= 15 is 0 Å². The van der Waals surface area contributed by atoms with Crippen molar-refractivity contribution in [3.8, 4) is 0 Å². The molecule has 10 nitrogen and oxygen atoms in total. The lowest BCUT2D eigenvalue weighted by Gasteiger charge is -2.34. The molecule has 1 unspecified atom stereocenters. The van der Waals surface area contributed by atoms with Gasteiger partial charge in [-0.1, -0.05) is 6.07 Å². The smallest absolute Gasteiger partial charge is 0.384 e. The summed E-state index contributed by atoms with van der Waals surface area (Å²) in [5.41, 5.74) is 4.95. The summed E-state index contributed by atoms with van der Waals surface area (Å²) in [6, 6.07) is 8.48. The molecule has 2 fully saturated rings. The SMILES string of the molecule is CC(NC(=O)CC(=O)Nc1ccc(C(=N)N)cc1)c1ccc(S(=O)(=O)N2CCN(C3CC3)CC2)c(C(F)(F)F)c1. The summed E-state index contributed by atoms with van der Waals surface area (Å²) in [5.74, 6) is -1.53. The van der Waals surface area contributed by atoms with E-state index in [9.17, 15) is 31.2 Å². The van der Waals surface area contributed by atoms with Crippen molar-refractivity contribution >= 4 is 33.4 Å². The van der Waals surface area contributed by atoms with E-state index in [1.54, 1.807) is 0 Å². The molecule has 1 atom stereocenters. The van der Waals surface area contributed by atoms with Gasteiger partial charge in [0.15, 0.2) is 0 Å². The third-order valence-electron chi connectivity index (χ3n) is 6.94. The Morgan fingerprint density at radius 3 is 2.23 bits per heavy atom. The Balaban J connectivity index is 1.42. The summed E-state index contributed by atoms with van der Waals surface area (Å²) in [6.45, 7) is 2.63. The van der Waals surface area contributed by atoms with Crippen molar-refractivity contribution in [2.24, 2.45) is 5.73 Å². The van der Waals surface area contributed by atoms with Crippen molar-refractivity contribution < 1.29 is 31.2 Å². The van der Waals surface area contributed by atoms with E-state index in [1.165, 1.54) is 37.3 Å². The van der Waals surface area contributed by atoms with Crippen molar-refractivity contribution in [1.29, 1.82) is 5.41 Å². The summed E-state index contributed by atoms with van der Waals surface area (Å²) >= 11 is 0. The zero-order chi connectivity index (χ0) is 29.2. The minimum absolute atomic E-state index is 0.0402. The summed E-state index contributed by atoms with van der Waals surface area (Å²) in [5, 5.41) is 12.4. The van der Waals surface area contributed by atoms with Crippen LogP contribution in [-0.2, 0) is 25.8 Å². The van der Waals surface area contributed by atoms with Crippen LogP contribution in [0, 0.1) is 5.41 Å². The molecule has 4 rings (SSSR count). The third kappa shape index (κ3) is 6.98. The number of hydrogen-bond acceptors (Lipinski definition) is 6. The first-order valence-corrected chi connectivity index (χ1v) is 14.2. The van der Waals surface area contributed by atoms with E-state index < -0.39 is 50.9 Å². The van der Waals surface area contributed by atoms with E-state index in [2.05, 4.69) is 15.5 Å². The van der Waals surface area contributed by atoms with Gasteiger partial charge in [-0.3, -0.25) is 19.9 Å². The molecule has 0 aromatic heterocycles. The van der Waals surface area contributed by atoms with Crippen molar-refractivity contribution in [3.63, 3.8) is 0 Å². The summed E-state index contributed by atoms with van der Waals surface area (Å²) in [4.78, 5) is 26.0. The largest absolute Gasteiger partial charge is 0.417 e. The third-order valence-corrected chi connectivity index (χ3v) is 8.90. The van der Waals surface area contributed by atoms with Crippen molar-refractivity contribution in [2.75, 3.05) is 31.5 Å². The van der Waals surface area contributed by atoms with Gasteiger partial charge in [-0.05, 0) is 61.7 Å². The molecule has 0 radical (unpaired) electrons. The molecule has 14 heteroatoms. The van der Waals surface area contributed by atoms with Gasteiger partial charge < -0.3 is 16.4 Å². The van der Waals surface area contributed by atoms with Crippen LogP contribution in [0.1, 0.15) is 48.9 Å². The van der Waals surface area contributed by atoms with Gasteiger partial charge >= 0.3 is 6.18 Å². The van der Waals surface area contributed by atoms with Crippen LogP contribution in [0.25, 0.3) is 0 Å². The molecule has 0 bridgehead atoms. The van der Waals surface area contributed by atoms with Crippen molar-refractivity contribution in [3.05, 3.63) is 59.2 Å². The molecule has 2 aromatic rings. The number of anilines is 1. The molecule has 5 N–H and O–H groups in total. The van der Waals surface area contributed by atoms with Crippen LogP contribution in [0.2, 0.25) is 0 Å². The number of alkyl halides is 3. The number of amides is 2. The Labute approximate surface area is 230 Å². The number of nitrogens with one attached hydrogen (secondary N) is 3. The maximum Gasteiger partial charge on any atom is 0.417 e. The second kappa shape index (κ2) is 11.6. The van der Waals surface area contributed by atoms with Crippen molar-refractivity contribution in [2.45, 2.75) is 49.3 Å². The number of hydrogen-bond donors (Lipinski definition) is 4. The first-order valence-electron chi connectivity index (χ1n) is 12.7. The average Bonchev–Trinajstić information content (AvgIpc) is 3.74.